The Kier molecular flexibility index (Phi) is 7.79. The number of carbonyl (C=O) groups is 3. The predicted molar refractivity (Wildman–Crippen MR) is 110 cm³/mol. The third-order valence-corrected chi connectivity index (χ3v) is 4.07. The third-order valence-electron chi connectivity index (χ3n) is 3.79. The fourth-order valence-electron chi connectivity index (χ4n) is 2.37. The van der Waals surface area contributed by atoms with Gasteiger partial charge in [-0.1, -0.05) is 11.6 Å². The molecule has 0 fully saturated rings. The summed E-state index contributed by atoms with van der Waals surface area (Å²) in [5.74, 6) is -0.459. The highest BCUT2D eigenvalue weighted by atomic mass is 35.5. The molecule has 0 aliphatic rings. The van der Waals surface area contributed by atoms with E-state index in [1.807, 2.05) is 0 Å². The van der Waals surface area contributed by atoms with E-state index < -0.39 is 18.5 Å². The van der Waals surface area contributed by atoms with Crippen molar-refractivity contribution in [1.82, 2.24) is 0 Å². The molecule has 2 aromatic rings. The van der Waals surface area contributed by atoms with Crippen LogP contribution in [0.3, 0.4) is 0 Å². The summed E-state index contributed by atoms with van der Waals surface area (Å²) in [4.78, 5) is 35.0. The van der Waals surface area contributed by atoms with Crippen LogP contribution in [0.2, 0.25) is 5.02 Å². The molecule has 8 heteroatoms. The number of anilines is 1. The largest absolute Gasteiger partial charge is 0.493 e. The molecule has 2 aromatic carbocycles. The van der Waals surface area contributed by atoms with Gasteiger partial charge >= 0.3 is 5.97 Å². The highest BCUT2D eigenvalue weighted by molar-refractivity contribution is 6.32. The first-order chi connectivity index (χ1) is 13.8. The molecule has 0 aliphatic heterocycles. The number of hydrogen-bond acceptors (Lipinski definition) is 6. The van der Waals surface area contributed by atoms with Crippen LogP contribution in [0.4, 0.5) is 5.69 Å². The number of amides is 1. The van der Waals surface area contributed by atoms with E-state index in [2.05, 4.69) is 5.32 Å². The van der Waals surface area contributed by atoms with Crippen LogP contribution in [-0.2, 0) is 14.3 Å². The summed E-state index contributed by atoms with van der Waals surface area (Å²) in [6.07, 6.45) is 2.65. The summed E-state index contributed by atoms with van der Waals surface area (Å²) in [6, 6.07) is 9.63. The first-order valence-corrected chi connectivity index (χ1v) is 8.89. The number of rotatable bonds is 8. The van der Waals surface area contributed by atoms with Crippen molar-refractivity contribution in [2.45, 2.75) is 6.92 Å². The van der Waals surface area contributed by atoms with Gasteiger partial charge in [0.25, 0.3) is 5.91 Å². The lowest BCUT2D eigenvalue weighted by atomic mass is 10.1. The predicted octanol–water partition coefficient (Wildman–Crippen LogP) is 3.75. The Morgan fingerprint density at radius 2 is 1.76 bits per heavy atom. The summed E-state index contributed by atoms with van der Waals surface area (Å²) in [6.45, 7) is 1.00. The van der Waals surface area contributed by atoms with E-state index in [-0.39, 0.29) is 5.78 Å². The number of esters is 1. The average molecular weight is 418 g/mol. The van der Waals surface area contributed by atoms with Gasteiger partial charge in [0.1, 0.15) is 0 Å². The van der Waals surface area contributed by atoms with Crippen molar-refractivity contribution >= 4 is 41.0 Å². The molecule has 0 saturated heterocycles. The van der Waals surface area contributed by atoms with Crippen molar-refractivity contribution in [2.24, 2.45) is 0 Å². The summed E-state index contributed by atoms with van der Waals surface area (Å²) >= 11 is 6.11. The van der Waals surface area contributed by atoms with E-state index in [0.29, 0.717) is 33.3 Å². The van der Waals surface area contributed by atoms with Crippen molar-refractivity contribution in [3.8, 4) is 11.5 Å². The smallest absolute Gasteiger partial charge is 0.331 e. The zero-order valence-corrected chi connectivity index (χ0v) is 16.9. The zero-order valence-electron chi connectivity index (χ0n) is 16.2. The van der Waals surface area contributed by atoms with Gasteiger partial charge in [0.15, 0.2) is 23.9 Å². The molecule has 1 amide bonds. The van der Waals surface area contributed by atoms with Crippen molar-refractivity contribution in [3.63, 3.8) is 0 Å². The van der Waals surface area contributed by atoms with Crippen LogP contribution in [0.5, 0.6) is 11.5 Å². The molecular formula is C21H20ClNO6. The Bertz CT molecular complexity index is 937. The molecular weight excluding hydrogens is 398 g/mol. The average Bonchev–Trinajstić information content (AvgIpc) is 2.70. The van der Waals surface area contributed by atoms with Gasteiger partial charge in [-0.2, -0.15) is 0 Å². The van der Waals surface area contributed by atoms with Gasteiger partial charge in [-0.25, -0.2) is 4.79 Å². The molecule has 0 spiro atoms. The van der Waals surface area contributed by atoms with Crippen LogP contribution in [0.25, 0.3) is 6.08 Å². The van der Waals surface area contributed by atoms with Gasteiger partial charge in [-0.3, -0.25) is 9.59 Å². The van der Waals surface area contributed by atoms with Gasteiger partial charge in [-0.15, -0.1) is 0 Å². The molecule has 152 valence electrons. The highest BCUT2D eigenvalue weighted by Gasteiger charge is 2.10. The van der Waals surface area contributed by atoms with Gasteiger partial charge in [0.05, 0.1) is 19.2 Å². The van der Waals surface area contributed by atoms with Crippen LogP contribution in [0.15, 0.2) is 42.5 Å². The third kappa shape index (κ3) is 6.36. The summed E-state index contributed by atoms with van der Waals surface area (Å²) in [5, 5.41) is 2.90. The molecule has 0 atom stereocenters. The van der Waals surface area contributed by atoms with Gasteiger partial charge in [0, 0.05) is 17.3 Å². The first-order valence-electron chi connectivity index (χ1n) is 8.51. The molecule has 1 N–H and O–H groups in total. The Morgan fingerprint density at radius 3 is 2.34 bits per heavy atom. The number of methoxy groups -OCH3 is 2. The lowest BCUT2D eigenvalue weighted by Crippen LogP contribution is -2.20. The molecule has 0 aromatic heterocycles. The van der Waals surface area contributed by atoms with Crippen LogP contribution >= 0.6 is 11.6 Å². The molecule has 2 rings (SSSR count). The van der Waals surface area contributed by atoms with Gasteiger partial charge < -0.3 is 19.5 Å². The molecule has 0 saturated carbocycles. The SMILES string of the molecule is COc1cc(/C=C/C(=O)OCC(=O)Nc2ccc(C(C)=O)cc2)cc(Cl)c1OC. The topological polar surface area (TPSA) is 90.9 Å². The summed E-state index contributed by atoms with van der Waals surface area (Å²) in [5.41, 5.74) is 1.63. The quantitative estimate of drug-likeness (QED) is 0.399. The number of halogens is 1. The Hall–Kier alpha value is -3.32. The summed E-state index contributed by atoms with van der Waals surface area (Å²) < 4.78 is 15.2. The fourth-order valence-corrected chi connectivity index (χ4v) is 2.66. The minimum atomic E-state index is -0.696. The Morgan fingerprint density at radius 1 is 1.07 bits per heavy atom. The van der Waals surface area contributed by atoms with Gasteiger partial charge in [-0.05, 0) is 55.0 Å². The van der Waals surface area contributed by atoms with E-state index in [1.165, 1.54) is 33.3 Å². The maximum Gasteiger partial charge on any atom is 0.331 e. The second-order valence-electron chi connectivity index (χ2n) is 5.86. The standard InChI is InChI=1S/C21H20ClNO6/c1-13(24)15-5-7-16(8-6-15)23-19(25)12-29-20(26)9-4-14-10-17(22)21(28-3)18(11-14)27-2/h4-11H,12H2,1-3H3,(H,23,25)/b9-4+. The van der Waals surface area contributed by atoms with E-state index in [9.17, 15) is 14.4 Å². The molecule has 0 aliphatic carbocycles. The Balaban J connectivity index is 1.89. The normalized spacial score (nSPS) is 10.5. The second-order valence-corrected chi connectivity index (χ2v) is 6.27. The number of carbonyl (C=O) groups excluding carboxylic acids is 3. The lowest BCUT2D eigenvalue weighted by Gasteiger charge is -2.10. The lowest BCUT2D eigenvalue weighted by molar-refractivity contribution is -0.142. The van der Waals surface area contributed by atoms with Crippen molar-refractivity contribution in [3.05, 3.63) is 58.6 Å². The van der Waals surface area contributed by atoms with Crippen molar-refractivity contribution in [2.75, 3.05) is 26.1 Å². The van der Waals surface area contributed by atoms with Crippen LogP contribution in [0, 0.1) is 0 Å². The molecule has 0 bridgehead atoms. The van der Waals surface area contributed by atoms with Crippen LogP contribution in [0.1, 0.15) is 22.8 Å². The number of hydrogen-bond donors (Lipinski definition) is 1. The van der Waals surface area contributed by atoms with E-state index in [1.54, 1.807) is 36.4 Å². The first kappa shape index (κ1) is 22.0. The monoisotopic (exact) mass is 417 g/mol. The minimum absolute atomic E-state index is 0.0700. The number of nitrogens with one attached hydrogen (secondary N) is 1. The minimum Gasteiger partial charge on any atom is -0.493 e. The number of benzene rings is 2. The van der Waals surface area contributed by atoms with E-state index >= 15 is 0 Å². The number of ketones is 1. The molecule has 0 radical (unpaired) electrons. The number of Topliss-reactive ketones (excluding diaryl/α,β-unsaturated/α-hetero) is 1. The van der Waals surface area contributed by atoms with E-state index in [4.69, 9.17) is 25.8 Å². The summed E-state index contributed by atoms with van der Waals surface area (Å²) in [7, 11) is 2.95. The Labute approximate surface area is 173 Å². The maximum atomic E-state index is 11.9. The van der Waals surface area contributed by atoms with Crippen molar-refractivity contribution in [1.29, 1.82) is 0 Å². The zero-order chi connectivity index (χ0) is 21.4. The van der Waals surface area contributed by atoms with Crippen LogP contribution < -0.4 is 14.8 Å². The molecule has 0 heterocycles. The fraction of sp³-hybridized carbons (Fsp3) is 0.190. The second kappa shape index (κ2) is 10.3. The molecule has 7 nitrogen and oxygen atoms in total. The highest BCUT2D eigenvalue weighted by Crippen LogP contribution is 2.36. The van der Waals surface area contributed by atoms with Crippen molar-refractivity contribution < 1.29 is 28.6 Å². The van der Waals surface area contributed by atoms with Crippen LogP contribution in [-0.4, -0.2) is 38.5 Å². The molecule has 0 unspecified atom stereocenters. The number of ether oxygens (including phenoxy) is 3. The molecule has 29 heavy (non-hydrogen) atoms. The maximum absolute atomic E-state index is 11.9. The van der Waals surface area contributed by atoms with E-state index in [0.717, 1.165) is 0 Å². The van der Waals surface area contributed by atoms with Gasteiger partial charge in [0.2, 0.25) is 0 Å².